The van der Waals surface area contributed by atoms with Crippen molar-refractivity contribution in [2.24, 2.45) is 0 Å². The number of thioether (sulfide) groups is 1. The van der Waals surface area contributed by atoms with Crippen LogP contribution in [-0.4, -0.2) is 35.8 Å². The highest BCUT2D eigenvalue weighted by molar-refractivity contribution is 7.99. The van der Waals surface area contributed by atoms with Gasteiger partial charge in [0.2, 0.25) is 0 Å². The second-order valence-corrected chi connectivity index (χ2v) is 7.23. The number of nitro groups is 1. The van der Waals surface area contributed by atoms with E-state index in [-0.39, 0.29) is 22.9 Å². The minimum atomic E-state index is -1.03. The Morgan fingerprint density at radius 1 is 1.21 bits per heavy atom. The van der Waals surface area contributed by atoms with E-state index < -0.39 is 22.9 Å². The normalized spacial score (nSPS) is 11.4. The third kappa shape index (κ3) is 6.79. The minimum absolute atomic E-state index is 0.117. The van der Waals surface area contributed by atoms with Crippen LogP contribution in [0.1, 0.15) is 18.1 Å². The zero-order valence-corrected chi connectivity index (χ0v) is 17.2. The number of nitrogens with one attached hydrogen (secondary N) is 1. The van der Waals surface area contributed by atoms with Gasteiger partial charge in [-0.05, 0) is 25.5 Å². The van der Waals surface area contributed by atoms with E-state index in [1.807, 2.05) is 31.2 Å². The van der Waals surface area contributed by atoms with Crippen LogP contribution in [0.25, 0.3) is 0 Å². The summed E-state index contributed by atoms with van der Waals surface area (Å²) in [5, 5.41) is 13.4. The molecule has 0 aliphatic rings. The summed E-state index contributed by atoms with van der Waals surface area (Å²) in [5.41, 5.74) is 2.36. The summed E-state index contributed by atoms with van der Waals surface area (Å²) in [6, 6.07) is 11.8. The zero-order valence-electron chi connectivity index (χ0n) is 16.3. The van der Waals surface area contributed by atoms with Gasteiger partial charge in [-0.3, -0.25) is 19.7 Å². The summed E-state index contributed by atoms with van der Waals surface area (Å²) in [6.07, 6.45) is -1.03. The fourth-order valence-corrected chi connectivity index (χ4v) is 3.12. The maximum atomic E-state index is 12.3. The van der Waals surface area contributed by atoms with E-state index in [9.17, 15) is 19.7 Å². The molecule has 2 aromatic carbocycles. The first kappa shape index (κ1) is 22.2. The number of nitro benzene ring substituents is 1. The van der Waals surface area contributed by atoms with Gasteiger partial charge in [-0.15, -0.1) is 11.8 Å². The number of anilines is 1. The lowest BCUT2D eigenvalue weighted by molar-refractivity contribution is -0.384. The molecule has 9 heteroatoms. The lowest BCUT2D eigenvalue weighted by Gasteiger charge is -2.15. The van der Waals surface area contributed by atoms with Gasteiger partial charge in [0.15, 0.2) is 6.10 Å². The highest BCUT2D eigenvalue weighted by Gasteiger charge is 2.20. The van der Waals surface area contributed by atoms with Gasteiger partial charge in [0.05, 0.1) is 29.5 Å². The van der Waals surface area contributed by atoms with E-state index in [0.717, 1.165) is 5.56 Å². The number of amides is 1. The number of esters is 1. The van der Waals surface area contributed by atoms with Crippen molar-refractivity contribution in [2.45, 2.75) is 25.7 Å². The van der Waals surface area contributed by atoms with Crippen LogP contribution in [-0.2, 0) is 20.1 Å². The smallest absolute Gasteiger partial charge is 0.316 e. The molecule has 8 nitrogen and oxygen atoms in total. The van der Waals surface area contributed by atoms with Crippen molar-refractivity contribution >= 4 is 35.0 Å². The topological polar surface area (TPSA) is 108 Å². The summed E-state index contributed by atoms with van der Waals surface area (Å²) >= 11 is 1.40. The molecular weight excluding hydrogens is 396 g/mol. The molecule has 0 radical (unpaired) electrons. The van der Waals surface area contributed by atoms with Crippen LogP contribution in [0.5, 0.6) is 5.75 Å². The van der Waals surface area contributed by atoms with Crippen LogP contribution in [0.3, 0.4) is 0 Å². The number of rotatable bonds is 9. The molecule has 2 rings (SSSR count). The Kier molecular flexibility index (Phi) is 8.02. The number of carbonyl (C=O) groups excluding carboxylic acids is 2. The molecular formula is C20H22N2O6S. The highest BCUT2D eigenvalue weighted by atomic mass is 32.2. The van der Waals surface area contributed by atoms with Crippen molar-refractivity contribution in [3.05, 3.63) is 63.7 Å². The molecule has 154 valence electrons. The third-order valence-electron chi connectivity index (χ3n) is 3.94. The van der Waals surface area contributed by atoms with Gasteiger partial charge in [0.25, 0.3) is 11.6 Å². The molecule has 0 heterocycles. The largest absolute Gasteiger partial charge is 0.494 e. The number of carbonyl (C=O) groups is 2. The van der Waals surface area contributed by atoms with E-state index in [1.165, 1.54) is 49.6 Å². The van der Waals surface area contributed by atoms with Crippen LogP contribution in [0.4, 0.5) is 11.4 Å². The summed E-state index contributed by atoms with van der Waals surface area (Å²) < 4.78 is 10.2. The van der Waals surface area contributed by atoms with Gasteiger partial charge in [-0.25, -0.2) is 0 Å². The molecule has 1 N–H and O–H groups in total. The van der Waals surface area contributed by atoms with Crippen LogP contribution < -0.4 is 10.1 Å². The van der Waals surface area contributed by atoms with Crippen LogP contribution in [0.2, 0.25) is 0 Å². The predicted octanol–water partition coefficient (Wildman–Crippen LogP) is 3.72. The standard InChI is InChI=1S/C20H22N2O6S/c1-13-4-6-15(7-5-13)11-29-12-19(23)28-14(2)20(24)21-17-9-8-16(22(25)26)10-18(17)27-3/h4-10,14H,11-12H2,1-3H3,(H,21,24)/t14-/m1/s1. The Balaban J connectivity index is 1.84. The first-order chi connectivity index (χ1) is 13.8. The molecule has 2 aromatic rings. The monoisotopic (exact) mass is 418 g/mol. The Morgan fingerprint density at radius 2 is 1.90 bits per heavy atom. The second-order valence-electron chi connectivity index (χ2n) is 6.24. The number of hydrogen-bond acceptors (Lipinski definition) is 7. The number of non-ortho nitro benzene ring substituents is 1. The van der Waals surface area contributed by atoms with E-state index in [4.69, 9.17) is 9.47 Å². The van der Waals surface area contributed by atoms with Crippen molar-refractivity contribution < 1.29 is 24.0 Å². The molecule has 0 fully saturated rings. The van der Waals surface area contributed by atoms with E-state index in [0.29, 0.717) is 5.75 Å². The quantitative estimate of drug-likeness (QED) is 0.376. The predicted molar refractivity (Wildman–Crippen MR) is 111 cm³/mol. The van der Waals surface area contributed by atoms with Gasteiger partial charge in [-0.1, -0.05) is 29.8 Å². The first-order valence-electron chi connectivity index (χ1n) is 8.76. The first-order valence-corrected chi connectivity index (χ1v) is 9.91. The Hall–Kier alpha value is -3.07. The number of ether oxygens (including phenoxy) is 2. The third-order valence-corrected chi connectivity index (χ3v) is 4.92. The van der Waals surface area contributed by atoms with Crippen molar-refractivity contribution in [2.75, 3.05) is 18.2 Å². The molecule has 1 amide bonds. The fourth-order valence-electron chi connectivity index (χ4n) is 2.35. The molecule has 29 heavy (non-hydrogen) atoms. The molecule has 0 aliphatic carbocycles. The van der Waals surface area contributed by atoms with Gasteiger partial charge >= 0.3 is 5.97 Å². The van der Waals surface area contributed by atoms with Crippen LogP contribution in [0.15, 0.2) is 42.5 Å². The zero-order chi connectivity index (χ0) is 21.4. The molecule has 0 unspecified atom stereocenters. The second kappa shape index (κ2) is 10.5. The maximum Gasteiger partial charge on any atom is 0.316 e. The maximum absolute atomic E-state index is 12.3. The summed E-state index contributed by atoms with van der Waals surface area (Å²) in [6.45, 7) is 3.46. The number of nitrogens with zero attached hydrogens (tertiary/aromatic N) is 1. The van der Waals surface area contributed by atoms with Gasteiger partial charge in [0, 0.05) is 11.8 Å². The van der Waals surface area contributed by atoms with Crippen LogP contribution in [0, 0.1) is 17.0 Å². The number of hydrogen-bond donors (Lipinski definition) is 1. The Bertz CT molecular complexity index is 885. The summed E-state index contributed by atoms with van der Waals surface area (Å²) in [5.74, 6) is -0.142. The van der Waals surface area contributed by atoms with Crippen molar-refractivity contribution in [1.29, 1.82) is 0 Å². The SMILES string of the molecule is COc1cc([N+](=O)[O-])ccc1NC(=O)[C@@H](C)OC(=O)CSCc1ccc(C)cc1. The molecule has 0 aromatic heterocycles. The van der Waals surface area contributed by atoms with Crippen molar-refractivity contribution in [1.82, 2.24) is 0 Å². The highest BCUT2D eigenvalue weighted by Crippen LogP contribution is 2.29. The average Bonchev–Trinajstić information content (AvgIpc) is 2.69. The molecule has 1 atom stereocenters. The van der Waals surface area contributed by atoms with Gasteiger partial charge in [0.1, 0.15) is 5.75 Å². The average molecular weight is 418 g/mol. The lowest BCUT2D eigenvalue weighted by Crippen LogP contribution is -2.30. The number of aryl methyl sites for hydroxylation is 1. The summed E-state index contributed by atoms with van der Waals surface area (Å²) in [7, 11) is 1.34. The summed E-state index contributed by atoms with van der Waals surface area (Å²) in [4.78, 5) is 34.5. The van der Waals surface area contributed by atoms with E-state index in [1.54, 1.807) is 0 Å². The van der Waals surface area contributed by atoms with E-state index >= 15 is 0 Å². The molecule has 0 aliphatic heterocycles. The Morgan fingerprint density at radius 3 is 2.52 bits per heavy atom. The van der Waals surface area contributed by atoms with Gasteiger partial charge in [-0.2, -0.15) is 0 Å². The lowest BCUT2D eigenvalue weighted by atomic mass is 10.2. The minimum Gasteiger partial charge on any atom is -0.494 e. The van der Waals surface area contributed by atoms with Gasteiger partial charge < -0.3 is 14.8 Å². The van der Waals surface area contributed by atoms with Crippen LogP contribution >= 0.6 is 11.8 Å². The fraction of sp³-hybridized carbons (Fsp3) is 0.300. The van der Waals surface area contributed by atoms with E-state index in [2.05, 4.69) is 5.32 Å². The Labute approximate surface area is 172 Å². The molecule has 0 bridgehead atoms. The number of benzene rings is 2. The molecule has 0 spiro atoms. The van der Waals surface area contributed by atoms with Crippen molar-refractivity contribution in [3.8, 4) is 5.75 Å². The number of methoxy groups -OCH3 is 1. The molecule has 0 saturated heterocycles. The van der Waals surface area contributed by atoms with Crippen molar-refractivity contribution in [3.63, 3.8) is 0 Å². The molecule has 0 saturated carbocycles.